The molecule has 0 aliphatic carbocycles. The Morgan fingerprint density at radius 3 is 2.43 bits per heavy atom. The first-order valence-electron chi connectivity index (χ1n) is 4.35. The number of allylic oxidation sites excluding steroid dienone is 4. The lowest BCUT2D eigenvalue weighted by Crippen LogP contribution is -2.11. The van der Waals surface area contributed by atoms with E-state index in [9.17, 15) is 9.18 Å². The molecule has 0 rings (SSSR count). The van der Waals surface area contributed by atoms with E-state index in [2.05, 4.69) is 4.74 Å². The number of carbonyl (C=O) groups is 1. The number of ether oxygens (including phenoxy) is 2. The second kappa shape index (κ2) is 7.12. The largest absolute Gasteiger partial charge is 0.487 e. The summed E-state index contributed by atoms with van der Waals surface area (Å²) in [7, 11) is 0. The van der Waals surface area contributed by atoms with E-state index in [1.54, 1.807) is 13.8 Å². The Hall–Kier alpha value is -1.32. The van der Waals surface area contributed by atoms with Crippen LogP contribution in [0.5, 0.6) is 0 Å². The molecule has 0 saturated heterocycles. The Morgan fingerprint density at radius 2 is 1.93 bits per heavy atom. The molecule has 14 heavy (non-hydrogen) atoms. The zero-order chi connectivity index (χ0) is 11.0. The van der Waals surface area contributed by atoms with Crippen LogP contribution in [-0.4, -0.2) is 19.2 Å². The first-order valence-corrected chi connectivity index (χ1v) is 4.35. The van der Waals surface area contributed by atoms with Crippen molar-refractivity contribution in [3.05, 3.63) is 23.7 Å². The molecule has 0 unspecified atom stereocenters. The first-order chi connectivity index (χ1) is 6.56. The molecule has 0 amide bonds. The van der Waals surface area contributed by atoms with Gasteiger partial charge in [-0.25, -0.2) is 9.18 Å². The Labute approximate surface area is 83.2 Å². The predicted molar refractivity (Wildman–Crippen MR) is 51.2 cm³/mol. The van der Waals surface area contributed by atoms with E-state index < -0.39 is 5.97 Å². The molecule has 0 fully saturated rings. The summed E-state index contributed by atoms with van der Waals surface area (Å²) in [6.45, 7) is 4.87. The SMILES string of the molecule is CCOC(=O)COC(C)=CC=C(C)F. The lowest BCUT2D eigenvalue weighted by molar-refractivity contribution is -0.147. The molecule has 0 aromatic carbocycles. The highest BCUT2D eigenvalue weighted by atomic mass is 19.1. The number of esters is 1. The summed E-state index contributed by atoms with van der Waals surface area (Å²) >= 11 is 0. The molecular weight excluding hydrogens is 187 g/mol. The van der Waals surface area contributed by atoms with Crippen LogP contribution in [-0.2, 0) is 14.3 Å². The van der Waals surface area contributed by atoms with Gasteiger partial charge in [-0.1, -0.05) is 0 Å². The molecule has 0 aromatic heterocycles. The molecule has 0 saturated carbocycles. The van der Waals surface area contributed by atoms with E-state index >= 15 is 0 Å². The number of rotatable bonds is 5. The maximum absolute atomic E-state index is 12.3. The summed E-state index contributed by atoms with van der Waals surface area (Å²) in [6, 6.07) is 0. The highest BCUT2D eigenvalue weighted by Crippen LogP contribution is 2.00. The molecule has 0 aliphatic rings. The van der Waals surface area contributed by atoms with Crippen molar-refractivity contribution < 1.29 is 18.7 Å². The summed E-state index contributed by atoms with van der Waals surface area (Å²) < 4.78 is 21.9. The molecule has 0 aliphatic heterocycles. The van der Waals surface area contributed by atoms with Crippen LogP contribution in [0.3, 0.4) is 0 Å². The van der Waals surface area contributed by atoms with Gasteiger partial charge >= 0.3 is 5.97 Å². The Bertz CT molecular complexity index is 240. The lowest BCUT2D eigenvalue weighted by Gasteiger charge is -2.04. The van der Waals surface area contributed by atoms with Crippen molar-refractivity contribution in [1.29, 1.82) is 0 Å². The van der Waals surface area contributed by atoms with Gasteiger partial charge in [0.05, 0.1) is 18.2 Å². The standard InChI is InChI=1S/C10H15FO3/c1-4-13-10(12)7-14-9(3)6-5-8(2)11/h5-6H,4,7H2,1-3H3. The highest BCUT2D eigenvalue weighted by molar-refractivity contribution is 5.70. The normalized spacial score (nSPS) is 12.6. The predicted octanol–water partition coefficient (Wildman–Crippen LogP) is 2.34. The Balaban J connectivity index is 3.84. The van der Waals surface area contributed by atoms with Crippen LogP contribution in [0, 0.1) is 0 Å². The molecule has 0 aromatic rings. The zero-order valence-electron chi connectivity index (χ0n) is 8.67. The fourth-order valence-corrected chi connectivity index (χ4v) is 0.656. The van der Waals surface area contributed by atoms with Crippen molar-refractivity contribution in [2.75, 3.05) is 13.2 Å². The Kier molecular flexibility index (Phi) is 6.45. The minimum Gasteiger partial charge on any atom is -0.487 e. The van der Waals surface area contributed by atoms with Crippen LogP contribution in [0.4, 0.5) is 4.39 Å². The van der Waals surface area contributed by atoms with Gasteiger partial charge in [0.15, 0.2) is 6.61 Å². The molecule has 0 spiro atoms. The molecular formula is C10H15FO3. The van der Waals surface area contributed by atoms with Crippen LogP contribution in [0.1, 0.15) is 20.8 Å². The van der Waals surface area contributed by atoms with Crippen molar-refractivity contribution in [2.24, 2.45) is 0 Å². The lowest BCUT2D eigenvalue weighted by atomic mass is 10.4. The number of carbonyl (C=O) groups excluding carboxylic acids is 1. The number of hydrogen-bond acceptors (Lipinski definition) is 3. The number of halogens is 1. The van der Waals surface area contributed by atoms with Gasteiger partial charge < -0.3 is 9.47 Å². The zero-order valence-corrected chi connectivity index (χ0v) is 8.67. The van der Waals surface area contributed by atoms with Crippen molar-refractivity contribution in [3.63, 3.8) is 0 Å². The molecule has 0 N–H and O–H groups in total. The monoisotopic (exact) mass is 202 g/mol. The van der Waals surface area contributed by atoms with E-state index in [0.29, 0.717) is 12.4 Å². The summed E-state index contributed by atoms with van der Waals surface area (Å²) in [6.07, 6.45) is 2.72. The van der Waals surface area contributed by atoms with E-state index in [1.807, 2.05) is 0 Å². The van der Waals surface area contributed by atoms with E-state index in [1.165, 1.54) is 19.1 Å². The summed E-state index contributed by atoms with van der Waals surface area (Å²) in [4.78, 5) is 10.8. The fraction of sp³-hybridized carbons (Fsp3) is 0.500. The fourth-order valence-electron chi connectivity index (χ4n) is 0.656. The maximum atomic E-state index is 12.3. The Morgan fingerprint density at radius 1 is 1.29 bits per heavy atom. The van der Waals surface area contributed by atoms with Gasteiger partial charge in [-0.05, 0) is 32.9 Å². The number of hydrogen-bond donors (Lipinski definition) is 0. The molecule has 0 heterocycles. The van der Waals surface area contributed by atoms with Crippen molar-refractivity contribution in [3.8, 4) is 0 Å². The average Bonchev–Trinajstić information content (AvgIpc) is 2.12. The second-order valence-electron chi connectivity index (χ2n) is 2.62. The van der Waals surface area contributed by atoms with Gasteiger partial charge in [-0.15, -0.1) is 0 Å². The van der Waals surface area contributed by atoms with Gasteiger partial charge in [0.1, 0.15) is 0 Å². The summed E-state index contributed by atoms with van der Waals surface area (Å²) in [5.41, 5.74) is 0. The molecule has 0 bridgehead atoms. The smallest absolute Gasteiger partial charge is 0.344 e. The quantitative estimate of drug-likeness (QED) is 0.390. The topological polar surface area (TPSA) is 35.5 Å². The second-order valence-corrected chi connectivity index (χ2v) is 2.62. The molecule has 4 heteroatoms. The highest BCUT2D eigenvalue weighted by Gasteiger charge is 2.01. The van der Waals surface area contributed by atoms with Crippen molar-refractivity contribution in [1.82, 2.24) is 0 Å². The van der Waals surface area contributed by atoms with Gasteiger partial charge in [-0.2, -0.15) is 0 Å². The van der Waals surface area contributed by atoms with Gasteiger partial charge in [0, 0.05) is 0 Å². The maximum Gasteiger partial charge on any atom is 0.344 e. The van der Waals surface area contributed by atoms with Crippen LogP contribution in [0.2, 0.25) is 0 Å². The third-order valence-electron chi connectivity index (χ3n) is 1.27. The van der Waals surface area contributed by atoms with Crippen molar-refractivity contribution in [2.45, 2.75) is 20.8 Å². The third-order valence-corrected chi connectivity index (χ3v) is 1.27. The van der Waals surface area contributed by atoms with Crippen LogP contribution in [0.25, 0.3) is 0 Å². The van der Waals surface area contributed by atoms with Gasteiger partial charge in [0.25, 0.3) is 0 Å². The van der Waals surface area contributed by atoms with Gasteiger partial charge in [0.2, 0.25) is 0 Å². The van der Waals surface area contributed by atoms with Gasteiger partial charge in [-0.3, -0.25) is 0 Å². The molecule has 0 radical (unpaired) electrons. The van der Waals surface area contributed by atoms with E-state index in [0.717, 1.165) is 0 Å². The van der Waals surface area contributed by atoms with Crippen LogP contribution < -0.4 is 0 Å². The van der Waals surface area contributed by atoms with Crippen LogP contribution in [0.15, 0.2) is 23.7 Å². The van der Waals surface area contributed by atoms with E-state index in [-0.39, 0.29) is 12.4 Å². The summed E-state index contributed by atoms with van der Waals surface area (Å²) in [5.74, 6) is -0.277. The molecule has 3 nitrogen and oxygen atoms in total. The molecule has 0 atom stereocenters. The van der Waals surface area contributed by atoms with E-state index in [4.69, 9.17) is 4.74 Å². The van der Waals surface area contributed by atoms with Crippen LogP contribution >= 0.6 is 0 Å². The average molecular weight is 202 g/mol. The van der Waals surface area contributed by atoms with Crippen molar-refractivity contribution >= 4 is 5.97 Å². The molecule has 80 valence electrons. The first kappa shape index (κ1) is 12.7. The third kappa shape index (κ3) is 7.34. The summed E-state index contributed by atoms with van der Waals surface area (Å²) in [5, 5.41) is 0. The minimum absolute atomic E-state index is 0.144. The minimum atomic E-state index is -0.429.